The number of fused-ring (bicyclic) bond motifs is 1. The Morgan fingerprint density at radius 2 is 2.05 bits per heavy atom. The fraction of sp³-hybridized carbons (Fsp3) is 0.250. The van der Waals surface area contributed by atoms with Crippen LogP contribution in [0.1, 0.15) is 19.4 Å². The molecule has 5 heteroatoms. The predicted molar refractivity (Wildman–Crippen MR) is 88.0 cm³/mol. The van der Waals surface area contributed by atoms with Crippen LogP contribution in [0.15, 0.2) is 58.2 Å². The fourth-order valence-electron chi connectivity index (χ4n) is 2.21. The molecule has 1 aromatic rings. The molecule has 0 amide bonds. The summed E-state index contributed by atoms with van der Waals surface area (Å²) in [6.07, 6.45) is 4.18. The van der Waals surface area contributed by atoms with Crippen molar-refractivity contribution in [3.05, 3.63) is 53.7 Å². The Hall–Kier alpha value is -1.91. The summed E-state index contributed by atoms with van der Waals surface area (Å²) in [7, 11) is 0. The minimum atomic E-state index is 0.486. The summed E-state index contributed by atoms with van der Waals surface area (Å²) in [6, 6.07) is 10.0. The van der Waals surface area contributed by atoms with Crippen molar-refractivity contribution in [2.45, 2.75) is 13.8 Å². The Kier molecular flexibility index (Phi) is 3.90. The van der Waals surface area contributed by atoms with E-state index in [0.717, 1.165) is 17.7 Å². The third-order valence-corrected chi connectivity index (χ3v) is 3.64. The van der Waals surface area contributed by atoms with Gasteiger partial charge in [0, 0.05) is 18.3 Å². The molecule has 0 bridgehead atoms. The van der Waals surface area contributed by atoms with E-state index in [2.05, 4.69) is 34.9 Å². The highest BCUT2D eigenvalue weighted by molar-refractivity contribution is 6.77. The lowest BCUT2D eigenvalue weighted by molar-refractivity contribution is 0.135. The summed E-state index contributed by atoms with van der Waals surface area (Å²) in [5.41, 5.74) is 3.26. The maximum absolute atomic E-state index is 6.30. The molecule has 0 saturated heterocycles. The second-order valence-electron chi connectivity index (χ2n) is 5.23. The van der Waals surface area contributed by atoms with Gasteiger partial charge in [-0.15, -0.1) is 0 Å². The summed E-state index contributed by atoms with van der Waals surface area (Å²) in [5.74, 6) is 0.654. The first-order valence-electron chi connectivity index (χ1n) is 6.89. The number of halogens is 1. The van der Waals surface area contributed by atoms with Crippen LogP contribution in [0.3, 0.4) is 0 Å². The molecule has 0 N–H and O–H groups in total. The lowest BCUT2D eigenvalue weighted by atomic mass is 10.1. The van der Waals surface area contributed by atoms with Crippen LogP contribution in [-0.2, 0) is 0 Å². The average Bonchev–Trinajstić information content (AvgIpc) is 2.87. The van der Waals surface area contributed by atoms with Gasteiger partial charge in [-0.2, -0.15) is 10.0 Å². The molecule has 0 unspecified atom stereocenters. The number of allylic oxidation sites excluding steroid dienone is 2. The Labute approximate surface area is 129 Å². The normalized spacial score (nSPS) is 17.9. The molecule has 2 aliphatic rings. The first kappa shape index (κ1) is 14.0. The van der Waals surface area contributed by atoms with E-state index in [1.165, 1.54) is 5.57 Å². The Morgan fingerprint density at radius 3 is 2.76 bits per heavy atom. The van der Waals surface area contributed by atoms with Crippen molar-refractivity contribution in [1.82, 2.24) is 10.0 Å². The quantitative estimate of drug-likeness (QED) is 0.800. The first-order chi connectivity index (χ1) is 10.1. The van der Waals surface area contributed by atoms with Crippen LogP contribution in [0.2, 0.25) is 0 Å². The van der Waals surface area contributed by atoms with E-state index in [1.54, 1.807) is 0 Å². The van der Waals surface area contributed by atoms with Gasteiger partial charge < -0.3 is 0 Å². The highest BCUT2D eigenvalue weighted by Gasteiger charge is 2.28. The summed E-state index contributed by atoms with van der Waals surface area (Å²) in [5, 5.41) is 4.59. The number of nitrogens with zero attached hydrogens (tertiary/aromatic N) is 4. The zero-order valence-corrected chi connectivity index (χ0v) is 12.9. The van der Waals surface area contributed by atoms with Crippen molar-refractivity contribution < 1.29 is 0 Å². The van der Waals surface area contributed by atoms with E-state index in [-0.39, 0.29) is 0 Å². The summed E-state index contributed by atoms with van der Waals surface area (Å²) in [4.78, 5) is 8.83. The van der Waals surface area contributed by atoms with E-state index < -0.39 is 0 Å². The number of hydrogen-bond acceptors (Lipinski definition) is 4. The second-order valence-corrected chi connectivity index (χ2v) is 5.58. The minimum absolute atomic E-state index is 0.486. The van der Waals surface area contributed by atoms with Gasteiger partial charge in [0.15, 0.2) is 0 Å². The van der Waals surface area contributed by atoms with Crippen molar-refractivity contribution in [3.63, 3.8) is 0 Å². The second kappa shape index (κ2) is 5.84. The van der Waals surface area contributed by atoms with Crippen molar-refractivity contribution in [3.8, 4) is 0 Å². The van der Waals surface area contributed by atoms with Crippen molar-refractivity contribution in [2.75, 3.05) is 13.2 Å². The van der Waals surface area contributed by atoms with Crippen molar-refractivity contribution in [2.24, 2.45) is 9.98 Å². The molecular formula is C16H17ClN4. The van der Waals surface area contributed by atoms with Crippen molar-refractivity contribution >= 4 is 28.3 Å². The summed E-state index contributed by atoms with van der Waals surface area (Å²) >= 11 is 6.30. The van der Waals surface area contributed by atoms with Crippen LogP contribution in [-0.4, -0.2) is 34.4 Å². The fourth-order valence-corrected chi connectivity index (χ4v) is 2.44. The molecule has 1 aromatic carbocycles. The number of guanidine groups is 1. The molecule has 21 heavy (non-hydrogen) atoms. The molecule has 0 saturated carbocycles. The van der Waals surface area contributed by atoms with Crippen LogP contribution < -0.4 is 0 Å². The average molecular weight is 301 g/mol. The summed E-state index contributed by atoms with van der Waals surface area (Å²) in [6.45, 7) is 5.59. The van der Waals surface area contributed by atoms with Gasteiger partial charge in [0.05, 0.1) is 0 Å². The molecule has 4 nitrogen and oxygen atoms in total. The molecule has 108 valence electrons. The molecule has 0 spiro atoms. The van der Waals surface area contributed by atoms with Crippen LogP contribution >= 0.6 is 11.6 Å². The van der Waals surface area contributed by atoms with E-state index in [1.807, 2.05) is 41.5 Å². The van der Waals surface area contributed by atoms with Gasteiger partial charge in [0.25, 0.3) is 0 Å². The zero-order chi connectivity index (χ0) is 14.8. The van der Waals surface area contributed by atoms with Crippen LogP contribution in [0.25, 0.3) is 5.57 Å². The molecule has 2 aliphatic heterocycles. The minimum Gasteiger partial charge on any atom is -0.246 e. The lowest BCUT2D eigenvalue weighted by Crippen LogP contribution is -2.39. The maximum atomic E-state index is 6.30. The van der Waals surface area contributed by atoms with Gasteiger partial charge >= 0.3 is 0 Å². The molecule has 2 heterocycles. The molecule has 0 radical (unpaired) electrons. The Balaban J connectivity index is 1.89. The topological polar surface area (TPSA) is 31.2 Å². The van der Waals surface area contributed by atoms with Gasteiger partial charge in [0.1, 0.15) is 11.8 Å². The van der Waals surface area contributed by atoms with E-state index in [0.29, 0.717) is 17.8 Å². The van der Waals surface area contributed by atoms with Gasteiger partial charge in [-0.3, -0.25) is 0 Å². The van der Waals surface area contributed by atoms with E-state index in [4.69, 9.17) is 11.6 Å². The number of hydrazine groups is 1. The SMILES string of the molecule is CC(C)=CCN1CN=C2N=C(Cl)C(c3ccccc3)=CN21. The lowest BCUT2D eigenvalue weighted by Gasteiger charge is -2.28. The molecule has 3 rings (SSSR count). The highest BCUT2D eigenvalue weighted by atomic mass is 35.5. The van der Waals surface area contributed by atoms with Crippen LogP contribution in [0.4, 0.5) is 0 Å². The number of hydrogen-bond donors (Lipinski definition) is 0. The number of benzene rings is 1. The molecular weight excluding hydrogens is 284 g/mol. The van der Waals surface area contributed by atoms with Gasteiger partial charge in [-0.25, -0.2) is 10.0 Å². The first-order valence-corrected chi connectivity index (χ1v) is 7.26. The van der Waals surface area contributed by atoms with E-state index in [9.17, 15) is 0 Å². The largest absolute Gasteiger partial charge is 0.246 e. The maximum Gasteiger partial charge on any atom is 0.242 e. The molecule has 0 aromatic heterocycles. The zero-order valence-electron chi connectivity index (χ0n) is 12.1. The van der Waals surface area contributed by atoms with Gasteiger partial charge in [-0.05, 0) is 19.4 Å². The van der Waals surface area contributed by atoms with Crippen molar-refractivity contribution in [1.29, 1.82) is 0 Å². The smallest absolute Gasteiger partial charge is 0.242 e. The molecule has 0 aliphatic carbocycles. The van der Waals surface area contributed by atoms with Crippen LogP contribution in [0, 0.1) is 0 Å². The van der Waals surface area contributed by atoms with Gasteiger partial charge in [-0.1, -0.05) is 53.6 Å². The third kappa shape index (κ3) is 2.91. The number of rotatable bonds is 3. The van der Waals surface area contributed by atoms with E-state index >= 15 is 0 Å². The number of aliphatic imine (C=N–C) groups is 2. The molecule has 0 fully saturated rings. The Bertz CT molecular complexity index is 654. The molecule has 0 atom stereocenters. The third-order valence-electron chi connectivity index (χ3n) is 3.35. The Morgan fingerprint density at radius 1 is 1.29 bits per heavy atom. The monoisotopic (exact) mass is 300 g/mol. The summed E-state index contributed by atoms with van der Waals surface area (Å²) < 4.78 is 0. The highest BCUT2D eigenvalue weighted by Crippen LogP contribution is 2.26. The van der Waals surface area contributed by atoms with Crippen LogP contribution in [0.5, 0.6) is 0 Å². The standard InChI is InChI=1S/C16H17ClN4/c1-12(2)8-9-20-11-18-16-19-15(17)14(10-21(16)20)13-6-4-3-5-7-13/h3-8,10H,9,11H2,1-2H3. The predicted octanol–water partition coefficient (Wildman–Crippen LogP) is 3.49. The van der Waals surface area contributed by atoms with Gasteiger partial charge in [0.2, 0.25) is 5.96 Å².